The lowest BCUT2D eigenvalue weighted by atomic mass is 10.1. The smallest absolute Gasteiger partial charge is 0.240 e. The van der Waals surface area contributed by atoms with Crippen molar-refractivity contribution in [1.29, 1.82) is 0 Å². The van der Waals surface area contributed by atoms with Crippen LogP contribution in [0.25, 0.3) is 22.1 Å². The van der Waals surface area contributed by atoms with Crippen molar-refractivity contribution in [3.8, 4) is 0 Å². The van der Waals surface area contributed by atoms with Crippen molar-refractivity contribution in [2.75, 3.05) is 31.2 Å². The molecule has 2 aromatic heterocycles. The molecule has 0 saturated heterocycles. The normalized spacial score (nSPS) is 12.9. The van der Waals surface area contributed by atoms with E-state index in [1.165, 1.54) is 11.1 Å². The Bertz CT molecular complexity index is 2200. The van der Waals surface area contributed by atoms with Crippen LogP contribution >= 0.6 is 0 Å². The highest BCUT2D eigenvalue weighted by Crippen LogP contribution is 2.22. The van der Waals surface area contributed by atoms with E-state index in [9.17, 15) is 13.2 Å². The first-order chi connectivity index (χ1) is 25.3. The third-order valence-electron chi connectivity index (χ3n) is 8.15. The molecule has 280 valence electrons. The van der Waals surface area contributed by atoms with Crippen molar-refractivity contribution in [2.45, 2.75) is 51.6 Å². The molecule has 2 heterocycles. The van der Waals surface area contributed by atoms with Gasteiger partial charge in [0.2, 0.25) is 15.9 Å². The Morgan fingerprint density at radius 2 is 1.30 bits per heavy atom. The van der Waals surface area contributed by atoms with E-state index in [2.05, 4.69) is 66.5 Å². The maximum absolute atomic E-state index is 12.5. The zero-order chi connectivity index (χ0) is 38.0. The molecular formula is C39H48N8O5S. The Kier molecular flexibility index (Phi) is 13.0. The number of fused-ring (bicyclic) bond motifs is 2. The molecule has 0 unspecified atom stereocenters. The average Bonchev–Trinajstić information content (AvgIpc) is 3.73. The summed E-state index contributed by atoms with van der Waals surface area (Å²) >= 11 is 0. The number of rotatable bonds is 15. The largest absolute Gasteiger partial charge is 0.375 e. The molecule has 0 fully saturated rings. The first-order valence-corrected chi connectivity index (χ1v) is 19.1. The van der Waals surface area contributed by atoms with E-state index in [1.54, 1.807) is 32.0 Å². The number of likely N-dealkylation sites (N-methyl/N-ethyl adjacent to an activating group) is 1. The third kappa shape index (κ3) is 11.7. The summed E-state index contributed by atoms with van der Waals surface area (Å²) < 4.78 is 37.1. The molecule has 2 atom stereocenters. The number of amides is 1. The quantitative estimate of drug-likeness (QED) is 0.0802. The van der Waals surface area contributed by atoms with Gasteiger partial charge >= 0.3 is 0 Å². The zero-order valence-electron chi connectivity index (χ0n) is 30.6. The molecule has 0 saturated carbocycles. The number of H-pyrrole nitrogens is 2. The highest BCUT2D eigenvalue weighted by atomic mass is 32.2. The number of carbonyl (C=O) groups is 1. The maximum Gasteiger partial charge on any atom is 0.240 e. The van der Waals surface area contributed by atoms with Gasteiger partial charge in [-0.05, 0) is 74.8 Å². The summed E-state index contributed by atoms with van der Waals surface area (Å²) in [4.78, 5) is 28.2. The number of ether oxygens (including phenoxy) is 2. The molecule has 6 aromatic rings. The standard InChI is InChI=1S/C21H27N5O4S.C18H21N3O/c1-21(2,22)20(27)25-18(13-30-12-14-7-5-4-6-8-14)19-23-16-10-9-15(11-17(16)24-19)26-31(3,28)29;1-13-8-9-15-16(10-13)21-18(20-15)17(19-2)12-22-11-14-6-4-3-5-7-14/h4-11,18,26H,12-13,22H2,1-3H3,(H,23,24)(H,25,27);3-10,17,19H,11-12H2,1-2H3,(H,20,21)/t18-;17-/m11/s1. The summed E-state index contributed by atoms with van der Waals surface area (Å²) in [5.41, 5.74) is 12.0. The maximum atomic E-state index is 12.5. The van der Waals surface area contributed by atoms with Crippen LogP contribution in [0.15, 0.2) is 97.1 Å². The Hall–Kier alpha value is -5.12. The zero-order valence-corrected chi connectivity index (χ0v) is 31.5. The lowest BCUT2D eigenvalue weighted by molar-refractivity contribution is -0.126. The van der Waals surface area contributed by atoms with E-state index >= 15 is 0 Å². The molecular weight excluding hydrogens is 693 g/mol. The van der Waals surface area contributed by atoms with Gasteiger partial charge in [0.15, 0.2) is 0 Å². The van der Waals surface area contributed by atoms with E-state index in [4.69, 9.17) is 15.2 Å². The van der Waals surface area contributed by atoms with Gasteiger partial charge in [0.05, 0.1) is 72.0 Å². The van der Waals surface area contributed by atoms with Crippen molar-refractivity contribution in [3.63, 3.8) is 0 Å². The molecule has 13 nitrogen and oxygen atoms in total. The summed E-state index contributed by atoms with van der Waals surface area (Å²) in [6, 6.07) is 30.6. The van der Waals surface area contributed by atoms with E-state index in [0.717, 1.165) is 28.7 Å². The number of hydrogen-bond acceptors (Lipinski definition) is 9. The van der Waals surface area contributed by atoms with E-state index in [0.29, 0.717) is 42.4 Å². The van der Waals surface area contributed by atoms with Crippen molar-refractivity contribution in [3.05, 3.63) is 125 Å². The van der Waals surface area contributed by atoms with Crippen LogP contribution < -0.4 is 21.1 Å². The van der Waals surface area contributed by atoms with Crippen LogP contribution in [-0.2, 0) is 37.5 Å². The number of sulfonamides is 1. The number of aryl methyl sites for hydroxylation is 1. The lowest BCUT2D eigenvalue weighted by Crippen LogP contribution is -2.50. The van der Waals surface area contributed by atoms with Crippen LogP contribution in [0.5, 0.6) is 0 Å². The molecule has 0 bridgehead atoms. The van der Waals surface area contributed by atoms with Gasteiger partial charge in [-0.3, -0.25) is 9.52 Å². The highest BCUT2D eigenvalue weighted by molar-refractivity contribution is 7.92. The van der Waals surface area contributed by atoms with E-state index in [-0.39, 0.29) is 18.6 Å². The molecule has 0 aliphatic heterocycles. The molecule has 7 N–H and O–H groups in total. The van der Waals surface area contributed by atoms with Crippen molar-refractivity contribution in [1.82, 2.24) is 30.6 Å². The molecule has 0 radical (unpaired) electrons. The predicted octanol–water partition coefficient (Wildman–Crippen LogP) is 5.39. The van der Waals surface area contributed by atoms with Gasteiger partial charge in [0.25, 0.3) is 0 Å². The molecule has 0 aliphatic rings. The fourth-order valence-electron chi connectivity index (χ4n) is 5.35. The van der Waals surface area contributed by atoms with Crippen LogP contribution in [0.1, 0.15) is 54.3 Å². The fraction of sp³-hybridized carbons (Fsp3) is 0.308. The van der Waals surface area contributed by atoms with Gasteiger partial charge in [0, 0.05) is 0 Å². The van der Waals surface area contributed by atoms with Crippen LogP contribution in [0.2, 0.25) is 0 Å². The van der Waals surface area contributed by atoms with Gasteiger partial charge in [-0.15, -0.1) is 0 Å². The van der Waals surface area contributed by atoms with Gasteiger partial charge < -0.3 is 35.8 Å². The van der Waals surface area contributed by atoms with Gasteiger partial charge in [-0.2, -0.15) is 0 Å². The van der Waals surface area contributed by atoms with Crippen LogP contribution in [0, 0.1) is 6.92 Å². The summed E-state index contributed by atoms with van der Waals surface area (Å²) in [6.07, 6.45) is 1.08. The minimum absolute atomic E-state index is 0.0522. The van der Waals surface area contributed by atoms with Gasteiger partial charge in [-0.1, -0.05) is 66.7 Å². The van der Waals surface area contributed by atoms with Crippen molar-refractivity contribution >= 4 is 43.7 Å². The topological polar surface area (TPSA) is 189 Å². The van der Waals surface area contributed by atoms with Gasteiger partial charge in [0.1, 0.15) is 17.7 Å². The second-order valence-electron chi connectivity index (χ2n) is 13.5. The first-order valence-electron chi connectivity index (χ1n) is 17.2. The molecule has 1 amide bonds. The minimum atomic E-state index is -3.40. The predicted molar refractivity (Wildman–Crippen MR) is 209 cm³/mol. The van der Waals surface area contributed by atoms with Crippen LogP contribution in [0.4, 0.5) is 5.69 Å². The number of hydrogen-bond donors (Lipinski definition) is 6. The number of anilines is 1. The molecule has 53 heavy (non-hydrogen) atoms. The summed E-state index contributed by atoms with van der Waals surface area (Å²) in [5.74, 6) is 1.05. The van der Waals surface area contributed by atoms with Gasteiger partial charge in [-0.25, -0.2) is 18.4 Å². The van der Waals surface area contributed by atoms with Crippen molar-refractivity contribution < 1.29 is 22.7 Å². The SMILES string of the molecule is CC(C)(N)C(=O)N[C@H](COCc1ccccc1)c1nc2ccc(NS(C)(=O)=O)cc2[nH]1.CN[C@H](COCc1ccccc1)c1nc2ccc(C)cc2[nH]1. The molecule has 14 heteroatoms. The number of aromatic amines is 2. The molecule has 4 aromatic carbocycles. The summed E-state index contributed by atoms with van der Waals surface area (Å²) in [6.45, 7) is 7.05. The van der Waals surface area contributed by atoms with Crippen molar-refractivity contribution in [2.24, 2.45) is 5.73 Å². The average molecular weight is 741 g/mol. The van der Waals surface area contributed by atoms with E-state index < -0.39 is 21.6 Å². The first kappa shape index (κ1) is 39.1. The Morgan fingerprint density at radius 1 is 0.792 bits per heavy atom. The monoisotopic (exact) mass is 740 g/mol. The van der Waals surface area contributed by atoms with Crippen LogP contribution in [-0.4, -0.2) is 66.3 Å². The second-order valence-corrected chi connectivity index (χ2v) is 15.2. The Morgan fingerprint density at radius 3 is 1.83 bits per heavy atom. The number of aromatic nitrogens is 4. The van der Waals surface area contributed by atoms with E-state index in [1.807, 2.05) is 61.6 Å². The number of nitrogens with two attached hydrogens (primary N) is 1. The second kappa shape index (κ2) is 17.6. The number of nitrogens with one attached hydrogen (secondary N) is 5. The Balaban J connectivity index is 0.000000216. The molecule has 0 aliphatic carbocycles. The highest BCUT2D eigenvalue weighted by Gasteiger charge is 2.27. The summed E-state index contributed by atoms with van der Waals surface area (Å²) in [5, 5.41) is 6.14. The number of imidazole rings is 2. The third-order valence-corrected chi connectivity index (χ3v) is 8.76. The van der Waals surface area contributed by atoms with Crippen LogP contribution in [0.3, 0.4) is 0 Å². The summed E-state index contributed by atoms with van der Waals surface area (Å²) in [7, 11) is -1.48. The lowest BCUT2D eigenvalue weighted by Gasteiger charge is -2.23. The number of benzene rings is 4. The molecule has 6 rings (SSSR count). The molecule has 0 spiro atoms. The fourth-order valence-corrected chi connectivity index (χ4v) is 5.91. The Labute approximate surface area is 310 Å². The number of carbonyl (C=O) groups excluding carboxylic acids is 1. The number of nitrogens with zero attached hydrogens (tertiary/aromatic N) is 2. The minimum Gasteiger partial charge on any atom is -0.375 e.